The van der Waals surface area contributed by atoms with Gasteiger partial charge < -0.3 is 24.4 Å². The Hall–Kier alpha value is -2.15. The first kappa shape index (κ1) is 19.2. The highest BCUT2D eigenvalue weighted by Gasteiger charge is 2.28. The third-order valence-corrected chi connectivity index (χ3v) is 4.21. The molecule has 2 amide bonds. The lowest BCUT2D eigenvalue weighted by Gasteiger charge is -2.32. The average Bonchev–Trinajstić information content (AvgIpc) is 2.65. The molecule has 0 atom stereocenters. The van der Waals surface area contributed by atoms with Crippen LogP contribution in [0.3, 0.4) is 0 Å². The van der Waals surface area contributed by atoms with Crippen molar-refractivity contribution in [2.45, 2.75) is 18.9 Å². The fourth-order valence-electron chi connectivity index (χ4n) is 2.79. The number of alkyl carbamates (subject to hydrolysis) is 1. The highest BCUT2D eigenvalue weighted by atomic mass is 35.5. The molecule has 138 valence electrons. The summed E-state index contributed by atoms with van der Waals surface area (Å²) in [6, 6.07) is 5.22. The van der Waals surface area contributed by atoms with E-state index in [1.165, 1.54) is 14.2 Å². The predicted molar refractivity (Wildman–Crippen MR) is 93.7 cm³/mol. The summed E-state index contributed by atoms with van der Waals surface area (Å²) in [4.78, 5) is 26.2. The molecule has 0 aliphatic carbocycles. The van der Waals surface area contributed by atoms with E-state index >= 15 is 0 Å². The van der Waals surface area contributed by atoms with Crippen LogP contribution in [0, 0.1) is 0 Å². The second kappa shape index (κ2) is 9.36. The van der Waals surface area contributed by atoms with Gasteiger partial charge in [0, 0.05) is 19.1 Å². The standard InChI is InChI=1S/C17H23ClN2O5/c1-23-13-4-3-5-14(24-2)15(13)16(21)20-9-6-12(7-10-20)19-17(22)25-11-8-18/h3-5,12H,6-11H2,1-2H3,(H,19,22). The zero-order valence-corrected chi connectivity index (χ0v) is 15.2. The molecular formula is C17H23ClN2O5. The van der Waals surface area contributed by atoms with Crippen molar-refractivity contribution < 1.29 is 23.8 Å². The molecule has 1 aromatic rings. The molecule has 7 nitrogen and oxygen atoms in total. The predicted octanol–water partition coefficient (Wildman–Crippen LogP) is 2.27. The highest BCUT2D eigenvalue weighted by Crippen LogP contribution is 2.30. The smallest absolute Gasteiger partial charge is 0.407 e. The lowest BCUT2D eigenvalue weighted by atomic mass is 10.0. The Balaban J connectivity index is 1.97. The van der Waals surface area contributed by atoms with E-state index in [2.05, 4.69) is 5.32 Å². The molecule has 1 aliphatic heterocycles. The number of alkyl halides is 1. The van der Waals surface area contributed by atoms with Gasteiger partial charge in [-0.3, -0.25) is 4.79 Å². The van der Waals surface area contributed by atoms with Gasteiger partial charge >= 0.3 is 6.09 Å². The van der Waals surface area contributed by atoms with Crippen LogP contribution in [-0.4, -0.2) is 62.7 Å². The molecule has 0 bridgehead atoms. The molecule has 0 radical (unpaired) electrons. The van der Waals surface area contributed by atoms with E-state index in [1.807, 2.05) is 0 Å². The van der Waals surface area contributed by atoms with E-state index in [0.717, 1.165) is 0 Å². The van der Waals surface area contributed by atoms with Crippen LogP contribution in [0.5, 0.6) is 11.5 Å². The van der Waals surface area contributed by atoms with Crippen molar-refractivity contribution in [3.05, 3.63) is 23.8 Å². The third-order valence-electron chi connectivity index (χ3n) is 4.06. The maximum absolute atomic E-state index is 12.9. The second-order valence-corrected chi connectivity index (χ2v) is 5.95. The van der Waals surface area contributed by atoms with Crippen LogP contribution < -0.4 is 14.8 Å². The largest absolute Gasteiger partial charge is 0.496 e. The van der Waals surface area contributed by atoms with Crippen molar-refractivity contribution in [2.24, 2.45) is 0 Å². The lowest BCUT2D eigenvalue weighted by Crippen LogP contribution is -2.46. The number of amides is 2. The number of nitrogens with one attached hydrogen (secondary N) is 1. The van der Waals surface area contributed by atoms with Gasteiger partial charge in [0.2, 0.25) is 0 Å². The van der Waals surface area contributed by atoms with Crippen LogP contribution in [-0.2, 0) is 4.74 Å². The van der Waals surface area contributed by atoms with E-state index in [1.54, 1.807) is 23.1 Å². The highest BCUT2D eigenvalue weighted by molar-refractivity contribution is 6.18. The molecule has 0 unspecified atom stereocenters. The van der Waals surface area contributed by atoms with Crippen molar-refractivity contribution in [2.75, 3.05) is 39.8 Å². The van der Waals surface area contributed by atoms with Crippen LogP contribution in [0.2, 0.25) is 0 Å². The fraction of sp³-hybridized carbons (Fsp3) is 0.529. The molecule has 1 saturated heterocycles. The lowest BCUT2D eigenvalue weighted by molar-refractivity contribution is 0.0696. The molecule has 1 N–H and O–H groups in total. The fourth-order valence-corrected chi connectivity index (χ4v) is 2.86. The zero-order valence-electron chi connectivity index (χ0n) is 14.4. The van der Waals surface area contributed by atoms with E-state index in [4.69, 9.17) is 25.8 Å². The number of hydrogen-bond donors (Lipinski definition) is 1. The number of ether oxygens (including phenoxy) is 3. The zero-order chi connectivity index (χ0) is 18.2. The van der Waals surface area contributed by atoms with Gasteiger partial charge in [0.05, 0.1) is 20.1 Å². The van der Waals surface area contributed by atoms with E-state index < -0.39 is 6.09 Å². The van der Waals surface area contributed by atoms with Gasteiger partial charge in [-0.2, -0.15) is 0 Å². The van der Waals surface area contributed by atoms with Gasteiger partial charge in [0.25, 0.3) is 5.91 Å². The Morgan fingerprint density at radius 2 is 1.80 bits per heavy atom. The number of hydrogen-bond acceptors (Lipinski definition) is 5. The number of likely N-dealkylation sites (tertiary alicyclic amines) is 1. The van der Waals surface area contributed by atoms with Crippen LogP contribution in [0.1, 0.15) is 23.2 Å². The Bertz CT molecular complexity index is 580. The Labute approximate surface area is 152 Å². The Morgan fingerprint density at radius 3 is 2.32 bits per heavy atom. The van der Waals surface area contributed by atoms with Crippen molar-refractivity contribution in [3.8, 4) is 11.5 Å². The molecule has 1 heterocycles. The monoisotopic (exact) mass is 370 g/mol. The number of carbonyl (C=O) groups excluding carboxylic acids is 2. The first-order chi connectivity index (χ1) is 12.1. The minimum atomic E-state index is -0.475. The number of piperidine rings is 1. The van der Waals surface area contributed by atoms with Gasteiger partial charge in [0.15, 0.2) is 0 Å². The summed E-state index contributed by atoms with van der Waals surface area (Å²) in [6.45, 7) is 1.24. The maximum atomic E-state index is 12.9. The summed E-state index contributed by atoms with van der Waals surface area (Å²) < 4.78 is 15.5. The molecule has 1 aliphatic rings. The minimum absolute atomic E-state index is 0.0218. The van der Waals surface area contributed by atoms with E-state index in [0.29, 0.717) is 43.0 Å². The Kier molecular flexibility index (Phi) is 7.18. The minimum Gasteiger partial charge on any atom is -0.496 e. The number of halogens is 1. The quantitative estimate of drug-likeness (QED) is 0.777. The SMILES string of the molecule is COc1cccc(OC)c1C(=O)N1CCC(NC(=O)OCCCl)CC1. The molecule has 25 heavy (non-hydrogen) atoms. The average molecular weight is 371 g/mol. The maximum Gasteiger partial charge on any atom is 0.407 e. The van der Waals surface area contributed by atoms with Crippen LogP contribution in [0.15, 0.2) is 18.2 Å². The summed E-state index contributed by atoms with van der Waals surface area (Å²) in [5.74, 6) is 1.09. The molecule has 0 spiro atoms. The summed E-state index contributed by atoms with van der Waals surface area (Å²) >= 11 is 5.48. The van der Waals surface area contributed by atoms with Gasteiger partial charge in [-0.15, -0.1) is 11.6 Å². The number of methoxy groups -OCH3 is 2. The number of carbonyl (C=O) groups is 2. The summed E-state index contributed by atoms with van der Waals surface area (Å²) in [5.41, 5.74) is 0.417. The number of benzene rings is 1. The van der Waals surface area contributed by atoms with Gasteiger partial charge in [-0.1, -0.05) is 6.07 Å². The molecular weight excluding hydrogens is 348 g/mol. The van der Waals surface area contributed by atoms with Crippen molar-refractivity contribution in [3.63, 3.8) is 0 Å². The number of rotatable bonds is 6. The number of nitrogens with zero attached hydrogens (tertiary/aromatic N) is 1. The van der Waals surface area contributed by atoms with Crippen molar-refractivity contribution in [1.29, 1.82) is 0 Å². The molecule has 2 rings (SSSR count). The van der Waals surface area contributed by atoms with Gasteiger partial charge in [-0.25, -0.2) is 4.79 Å². The second-order valence-electron chi connectivity index (χ2n) is 5.57. The normalized spacial score (nSPS) is 14.8. The van der Waals surface area contributed by atoms with Gasteiger partial charge in [0.1, 0.15) is 23.7 Å². The van der Waals surface area contributed by atoms with Gasteiger partial charge in [-0.05, 0) is 25.0 Å². The van der Waals surface area contributed by atoms with Crippen molar-refractivity contribution in [1.82, 2.24) is 10.2 Å². The third kappa shape index (κ3) is 4.92. The van der Waals surface area contributed by atoms with Crippen LogP contribution in [0.25, 0.3) is 0 Å². The summed E-state index contributed by atoms with van der Waals surface area (Å²) in [5, 5.41) is 2.79. The molecule has 0 saturated carbocycles. The summed E-state index contributed by atoms with van der Waals surface area (Å²) in [7, 11) is 3.04. The summed E-state index contributed by atoms with van der Waals surface area (Å²) in [6.07, 6.45) is 0.829. The first-order valence-corrected chi connectivity index (χ1v) is 8.63. The Morgan fingerprint density at radius 1 is 1.20 bits per heavy atom. The molecule has 1 fully saturated rings. The molecule has 0 aromatic heterocycles. The van der Waals surface area contributed by atoms with Crippen LogP contribution >= 0.6 is 11.6 Å². The van der Waals surface area contributed by atoms with E-state index in [9.17, 15) is 9.59 Å². The topological polar surface area (TPSA) is 77.1 Å². The van der Waals surface area contributed by atoms with Crippen LogP contribution in [0.4, 0.5) is 4.79 Å². The van der Waals surface area contributed by atoms with Crippen molar-refractivity contribution >= 4 is 23.6 Å². The first-order valence-electron chi connectivity index (χ1n) is 8.10. The van der Waals surface area contributed by atoms with E-state index in [-0.39, 0.29) is 24.4 Å². The molecule has 1 aromatic carbocycles. The molecule has 8 heteroatoms.